The molecule has 21 heavy (non-hydrogen) atoms. The summed E-state index contributed by atoms with van der Waals surface area (Å²) in [5.41, 5.74) is 0. The number of halogens is 2. The average Bonchev–Trinajstić information content (AvgIpc) is 2.43. The Balaban J connectivity index is 2.44. The van der Waals surface area contributed by atoms with Gasteiger partial charge in [0.1, 0.15) is 5.75 Å². The zero-order chi connectivity index (χ0) is 15.5. The first-order valence-corrected chi connectivity index (χ1v) is 8.88. The van der Waals surface area contributed by atoms with Gasteiger partial charge in [-0.25, -0.2) is 4.57 Å². The summed E-state index contributed by atoms with van der Waals surface area (Å²) in [6, 6.07) is 11.6. The molecule has 0 bridgehead atoms. The Labute approximate surface area is 139 Å². The molecule has 0 amide bonds. The second kappa shape index (κ2) is 7.08. The first kappa shape index (κ1) is 16.7. The zero-order valence-corrected chi connectivity index (χ0v) is 14.4. The van der Waals surface area contributed by atoms with Crippen molar-refractivity contribution in [2.45, 2.75) is 11.8 Å². The normalized spacial score (nSPS) is 13.7. The molecule has 2 rings (SSSR count). The van der Waals surface area contributed by atoms with Crippen molar-refractivity contribution in [1.82, 2.24) is 0 Å². The van der Waals surface area contributed by atoms with E-state index in [1.54, 1.807) is 43.3 Å². The number of thiol groups is 1. The lowest BCUT2D eigenvalue weighted by atomic mass is 10.3. The molecule has 0 saturated heterocycles. The standard InChI is InChI=1S/C14H13Cl2O3PS/c1-2-18-20(17,13-5-3-4-6-14(13)21)19-12-8-7-10(15)9-11(12)16/h3-9,21H,2H2,1H3. The van der Waals surface area contributed by atoms with Gasteiger partial charge in [0.05, 0.1) is 16.9 Å². The first-order chi connectivity index (χ1) is 9.96. The molecule has 0 aromatic heterocycles. The van der Waals surface area contributed by atoms with Crippen LogP contribution in [0.15, 0.2) is 47.4 Å². The average molecular weight is 363 g/mol. The van der Waals surface area contributed by atoms with Crippen LogP contribution >= 0.6 is 43.4 Å². The Morgan fingerprint density at radius 1 is 1.19 bits per heavy atom. The van der Waals surface area contributed by atoms with Gasteiger partial charge in [0.2, 0.25) is 0 Å². The van der Waals surface area contributed by atoms with E-state index in [1.807, 2.05) is 0 Å². The molecule has 1 unspecified atom stereocenters. The maximum atomic E-state index is 13.1. The first-order valence-electron chi connectivity index (χ1n) is 6.14. The highest BCUT2D eigenvalue weighted by Crippen LogP contribution is 2.50. The third kappa shape index (κ3) is 3.97. The Morgan fingerprint density at radius 3 is 2.52 bits per heavy atom. The molecule has 2 aromatic carbocycles. The van der Waals surface area contributed by atoms with Crippen LogP contribution in [0.4, 0.5) is 0 Å². The van der Waals surface area contributed by atoms with Gasteiger partial charge in [-0.3, -0.25) is 4.52 Å². The third-order valence-corrected chi connectivity index (χ3v) is 5.70. The second-order valence-electron chi connectivity index (χ2n) is 4.07. The Bertz CT molecular complexity index is 694. The smallest absolute Gasteiger partial charge is 0.411 e. The summed E-state index contributed by atoms with van der Waals surface area (Å²) in [7, 11) is -3.58. The van der Waals surface area contributed by atoms with Gasteiger partial charge in [0.15, 0.2) is 0 Å². The second-order valence-corrected chi connectivity index (χ2v) is 7.31. The molecule has 0 N–H and O–H groups in total. The van der Waals surface area contributed by atoms with Crippen molar-refractivity contribution in [3.05, 3.63) is 52.5 Å². The molecular formula is C14H13Cl2O3PS. The van der Waals surface area contributed by atoms with Crippen molar-refractivity contribution < 1.29 is 13.6 Å². The van der Waals surface area contributed by atoms with E-state index in [0.29, 0.717) is 15.2 Å². The molecular weight excluding hydrogens is 350 g/mol. The number of hydrogen-bond acceptors (Lipinski definition) is 4. The lowest BCUT2D eigenvalue weighted by Gasteiger charge is -2.20. The quantitative estimate of drug-likeness (QED) is 0.585. The molecule has 0 saturated carbocycles. The molecule has 7 heteroatoms. The lowest BCUT2D eigenvalue weighted by molar-refractivity contribution is 0.289. The number of benzene rings is 2. The summed E-state index contributed by atoms with van der Waals surface area (Å²) in [6.07, 6.45) is 0. The maximum absolute atomic E-state index is 13.1. The number of hydrogen-bond donors (Lipinski definition) is 1. The van der Waals surface area contributed by atoms with Gasteiger partial charge in [-0.05, 0) is 37.3 Å². The van der Waals surface area contributed by atoms with Crippen LogP contribution in [0.1, 0.15) is 6.92 Å². The van der Waals surface area contributed by atoms with E-state index >= 15 is 0 Å². The minimum Gasteiger partial charge on any atom is -0.420 e. The van der Waals surface area contributed by atoms with Gasteiger partial charge < -0.3 is 4.52 Å². The van der Waals surface area contributed by atoms with Crippen LogP contribution in [0.5, 0.6) is 5.75 Å². The molecule has 1 atom stereocenters. The minimum absolute atomic E-state index is 0.227. The van der Waals surface area contributed by atoms with Gasteiger partial charge in [-0.15, -0.1) is 12.6 Å². The fourth-order valence-corrected chi connectivity index (χ4v) is 4.39. The molecule has 0 fully saturated rings. The molecule has 0 spiro atoms. The Hall–Kier alpha value is -0.640. The van der Waals surface area contributed by atoms with Crippen LogP contribution < -0.4 is 9.83 Å². The van der Waals surface area contributed by atoms with E-state index in [2.05, 4.69) is 12.6 Å². The van der Waals surface area contributed by atoms with Gasteiger partial charge in [0, 0.05) is 9.92 Å². The summed E-state index contributed by atoms with van der Waals surface area (Å²) in [5, 5.41) is 1.12. The summed E-state index contributed by atoms with van der Waals surface area (Å²) in [6.45, 7) is 1.96. The van der Waals surface area contributed by atoms with Crippen LogP contribution in [-0.2, 0) is 9.09 Å². The highest BCUT2D eigenvalue weighted by molar-refractivity contribution is 7.81. The molecule has 112 valence electrons. The fourth-order valence-electron chi connectivity index (χ4n) is 1.69. The van der Waals surface area contributed by atoms with Gasteiger partial charge in [0.25, 0.3) is 0 Å². The predicted octanol–water partition coefficient (Wildman–Crippen LogP) is 5.22. The van der Waals surface area contributed by atoms with Crippen LogP contribution in [0, 0.1) is 0 Å². The Morgan fingerprint density at radius 2 is 1.90 bits per heavy atom. The molecule has 0 aliphatic rings. The van der Waals surface area contributed by atoms with Gasteiger partial charge in [-0.1, -0.05) is 35.3 Å². The molecule has 3 nitrogen and oxygen atoms in total. The summed E-state index contributed by atoms with van der Waals surface area (Å²) < 4.78 is 24.0. The van der Waals surface area contributed by atoms with Crippen molar-refractivity contribution in [2.24, 2.45) is 0 Å². The number of rotatable bonds is 5. The van der Waals surface area contributed by atoms with Crippen molar-refractivity contribution >= 4 is 48.7 Å². The van der Waals surface area contributed by atoms with E-state index in [1.165, 1.54) is 6.07 Å². The molecule has 0 radical (unpaired) electrons. The molecule has 0 aliphatic heterocycles. The molecule has 0 heterocycles. The largest absolute Gasteiger partial charge is 0.420 e. The van der Waals surface area contributed by atoms with E-state index in [4.69, 9.17) is 32.2 Å². The van der Waals surface area contributed by atoms with Gasteiger partial charge >= 0.3 is 7.60 Å². The SMILES string of the molecule is CCOP(=O)(Oc1ccc(Cl)cc1Cl)c1ccccc1S. The van der Waals surface area contributed by atoms with Crippen LogP contribution in [0.25, 0.3) is 0 Å². The molecule has 0 aliphatic carbocycles. The molecule has 2 aromatic rings. The van der Waals surface area contributed by atoms with Crippen LogP contribution in [0.2, 0.25) is 10.0 Å². The van der Waals surface area contributed by atoms with Crippen molar-refractivity contribution in [3.8, 4) is 5.75 Å². The Kier molecular flexibility index (Phi) is 5.64. The van der Waals surface area contributed by atoms with Crippen molar-refractivity contribution in [1.29, 1.82) is 0 Å². The third-order valence-electron chi connectivity index (χ3n) is 2.59. The topological polar surface area (TPSA) is 35.5 Å². The highest BCUT2D eigenvalue weighted by Gasteiger charge is 2.31. The van der Waals surface area contributed by atoms with E-state index in [0.717, 1.165) is 0 Å². The predicted molar refractivity (Wildman–Crippen MR) is 89.7 cm³/mol. The summed E-state index contributed by atoms with van der Waals surface area (Å²) in [5.74, 6) is 0.245. The maximum Gasteiger partial charge on any atom is 0.411 e. The van der Waals surface area contributed by atoms with E-state index in [9.17, 15) is 4.57 Å². The minimum atomic E-state index is -3.58. The monoisotopic (exact) mass is 362 g/mol. The summed E-state index contributed by atoms with van der Waals surface area (Å²) >= 11 is 16.2. The van der Waals surface area contributed by atoms with Crippen molar-refractivity contribution in [3.63, 3.8) is 0 Å². The zero-order valence-electron chi connectivity index (χ0n) is 11.1. The van der Waals surface area contributed by atoms with Crippen LogP contribution in [-0.4, -0.2) is 6.61 Å². The fraction of sp³-hybridized carbons (Fsp3) is 0.143. The van der Waals surface area contributed by atoms with Crippen molar-refractivity contribution in [2.75, 3.05) is 6.61 Å². The summed E-state index contributed by atoms with van der Waals surface area (Å²) in [4.78, 5) is 0.527. The van der Waals surface area contributed by atoms with Gasteiger partial charge in [-0.2, -0.15) is 0 Å². The van der Waals surface area contributed by atoms with Crippen LogP contribution in [0.3, 0.4) is 0 Å². The van der Waals surface area contributed by atoms with E-state index in [-0.39, 0.29) is 17.4 Å². The van der Waals surface area contributed by atoms with E-state index < -0.39 is 7.60 Å². The lowest BCUT2D eigenvalue weighted by Crippen LogP contribution is -2.14. The highest BCUT2D eigenvalue weighted by atomic mass is 35.5.